The Morgan fingerprint density at radius 1 is 1.20 bits per heavy atom. The predicted molar refractivity (Wildman–Crippen MR) is 90.8 cm³/mol. The molecule has 2 heterocycles. The highest BCUT2D eigenvalue weighted by Crippen LogP contribution is 2.18. The summed E-state index contributed by atoms with van der Waals surface area (Å²) in [5.74, 6) is 1.33. The Kier molecular flexibility index (Phi) is 5.66. The van der Waals surface area contributed by atoms with Crippen molar-refractivity contribution in [2.75, 3.05) is 26.8 Å². The lowest BCUT2D eigenvalue weighted by Crippen LogP contribution is -2.46. The third-order valence-corrected chi connectivity index (χ3v) is 3.97. The number of aromatic nitrogens is 2. The van der Waals surface area contributed by atoms with E-state index < -0.39 is 0 Å². The van der Waals surface area contributed by atoms with Crippen molar-refractivity contribution in [1.29, 1.82) is 0 Å². The molecule has 0 aliphatic carbocycles. The van der Waals surface area contributed by atoms with E-state index in [-0.39, 0.29) is 18.6 Å². The fraction of sp³-hybridized carbons (Fsp3) is 0.389. The number of hydrogen-bond donors (Lipinski definition) is 0. The molecule has 0 radical (unpaired) electrons. The molecular weight excluding hydrogens is 322 g/mol. The lowest BCUT2D eigenvalue weighted by atomic mass is 10.1. The van der Waals surface area contributed by atoms with E-state index >= 15 is 0 Å². The average Bonchev–Trinajstić information content (AvgIpc) is 2.67. The van der Waals surface area contributed by atoms with E-state index in [1.165, 1.54) is 0 Å². The van der Waals surface area contributed by atoms with Gasteiger partial charge in [-0.3, -0.25) is 4.79 Å². The van der Waals surface area contributed by atoms with Gasteiger partial charge in [-0.2, -0.15) is 0 Å². The van der Waals surface area contributed by atoms with E-state index in [0.29, 0.717) is 24.8 Å². The van der Waals surface area contributed by atoms with Gasteiger partial charge in [0.2, 0.25) is 0 Å². The summed E-state index contributed by atoms with van der Waals surface area (Å²) in [5, 5.41) is 0. The van der Waals surface area contributed by atoms with Gasteiger partial charge in [0.05, 0.1) is 13.7 Å². The summed E-state index contributed by atoms with van der Waals surface area (Å²) in [4.78, 5) is 22.3. The fourth-order valence-electron chi connectivity index (χ4n) is 2.66. The van der Waals surface area contributed by atoms with Crippen molar-refractivity contribution in [2.24, 2.45) is 0 Å². The van der Waals surface area contributed by atoms with Gasteiger partial charge in [0.1, 0.15) is 17.6 Å². The maximum Gasteiger partial charge on any atom is 0.316 e. The molecule has 1 unspecified atom stereocenters. The lowest BCUT2D eigenvalue weighted by molar-refractivity contribution is -0.136. The van der Waals surface area contributed by atoms with Crippen LogP contribution in [0, 0.1) is 0 Å². The number of methoxy groups -OCH3 is 1. The molecule has 1 amide bonds. The van der Waals surface area contributed by atoms with E-state index in [2.05, 4.69) is 9.97 Å². The number of hydrogen-bond acceptors (Lipinski definition) is 6. The van der Waals surface area contributed by atoms with Crippen LogP contribution in [0.3, 0.4) is 0 Å². The number of carbonyl (C=O) groups excluding carboxylic acids is 1. The number of piperidine rings is 1. The maximum absolute atomic E-state index is 12.4. The molecular formula is C18H21N3O4. The Balaban J connectivity index is 1.49. The molecule has 1 aliphatic rings. The summed E-state index contributed by atoms with van der Waals surface area (Å²) in [7, 11) is 1.61. The van der Waals surface area contributed by atoms with Crippen molar-refractivity contribution in [2.45, 2.75) is 18.9 Å². The number of benzene rings is 1. The third-order valence-electron chi connectivity index (χ3n) is 3.97. The second-order valence-corrected chi connectivity index (χ2v) is 5.72. The molecule has 0 saturated carbocycles. The van der Waals surface area contributed by atoms with Crippen LogP contribution < -0.4 is 14.2 Å². The lowest BCUT2D eigenvalue weighted by Gasteiger charge is -2.32. The van der Waals surface area contributed by atoms with Gasteiger partial charge in [0, 0.05) is 18.9 Å². The van der Waals surface area contributed by atoms with E-state index in [0.717, 1.165) is 18.6 Å². The Bertz CT molecular complexity index is 678. The van der Waals surface area contributed by atoms with Crippen molar-refractivity contribution in [3.8, 4) is 17.5 Å². The molecule has 1 fully saturated rings. The maximum atomic E-state index is 12.4. The van der Waals surface area contributed by atoms with Crippen LogP contribution in [0.5, 0.6) is 17.5 Å². The van der Waals surface area contributed by atoms with Gasteiger partial charge < -0.3 is 19.1 Å². The Labute approximate surface area is 146 Å². The van der Waals surface area contributed by atoms with Crippen LogP contribution in [0.25, 0.3) is 0 Å². The van der Waals surface area contributed by atoms with Crippen molar-refractivity contribution in [1.82, 2.24) is 14.9 Å². The molecule has 0 bridgehead atoms. The first-order valence-corrected chi connectivity index (χ1v) is 8.23. The van der Waals surface area contributed by atoms with Gasteiger partial charge in [0.25, 0.3) is 5.91 Å². The molecule has 132 valence electrons. The van der Waals surface area contributed by atoms with Crippen LogP contribution in [0.15, 0.2) is 42.7 Å². The second kappa shape index (κ2) is 8.32. The Hall–Kier alpha value is -2.83. The minimum Gasteiger partial charge on any atom is -0.497 e. The summed E-state index contributed by atoms with van der Waals surface area (Å²) in [6, 6.07) is 9.23. The number of carbonyl (C=O) groups is 1. The van der Waals surface area contributed by atoms with Crippen LogP contribution in [0.4, 0.5) is 0 Å². The van der Waals surface area contributed by atoms with Crippen molar-refractivity contribution in [3.05, 3.63) is 42.7 Å². The fourth-order valence-corrected chi connectivity index (χ4v) is 2.66. The molecule has 1 aromatic heterocycles. The quantitative estimate of drug-likeness (QED) is 0.798. The molecule has 2 aromatic rings. The normalized spacial score (nSPS) is 17.0. The molecule has 1 atom stereocenters. The standard InChI is InChI=1S/C18H21N3O4/c1-23-14-5-7-15(8-6-14)24-13-17(22)21-11-2-4-16(12-21)25-18-19-9-3-10-20-18/h3,5-10,16H,2,4,11-13H2,1H3. The minimum atomic E-state index is -0.0962. The summed E-state index contributed by atoms with van der Waals surface area (Å²) in [6.07, 6.45) is 4.93. The van der Waals surface area contributed by atoms with Crippen LogP contribution >= 0.6 is 0 Å². The van der Waals surface area contributed by atoms with Crippen LogP contribution in [0.1, 0.15) is 12.8 Å². The van der Waals surface area contributed by atoms with Gasteiger partial charge in [-0.1, -0.05) is 0 Å². The first-order valence-electron chi connectivity index (χ1n) is 8.23. The molecule has 3 rings (SSSR count). The van der Waals surface area contributed by atoms with Gasteiger partial charge in [-0.25, -0.2) is 9.97 Å². The first-order chi connectivity index (χ1) is 12.2. The molecule has 1 aliphatic heterocycles. The molecule has 1 aromatic carbocycles. The summed E-state index contributed by atoms with van der Waals surface area (Å²) in [5.41, 5.74) is 0. The predicted octanol–water partition coefficient (Wildman–Crippen LogP) is 1.93. The largest absolute Gasteiger partial charge is 0.497 e. The number of rotatable bonds is 6. The number of ether oxygens (including phenoxy) is 3. The highest BCUT2D eigenvalue weighted by Gasteiger charge is 2.25. The molecule has 0 N–H and O–H groups in total. The van der Waals surface area contributed by atoms with Crippen LogP contribution in [-0.4, -0.2) is 53.7 Å². The zero-order valence-corrected chi connectivity index (χ0v) is 14.1. The smallest absolute Gasteiger partial charge is 0.316 e. The van der Waals surface area contributed by atoms with Gasteiger partial charge in [-0.15, -0.1) is 0 Å². The van der Waals surface area contributed by atoms with E-state index in [1.54, 1.807) is 54.7 Å². The van der Waals surface area contributed by atoms with Crippen LogP contribution in [-0.2, 0) is 4.79 Å². The monoisotopic (exact) mass is 343 g/mol. The van der Waals surface area contributed by atoms with E-state index in [9.17, 15) is 4.79 Å². The third kappa shape index (κ3) is 4.82. The van der Waals surface area contributed by atoms with E-state index in [1.807, 2.05) is 0 Å². The topological polar surface area (TPSA) is 73.8 Å². The van der Waals surface area contributed by atoms with Crippen LogP contribution in [0.2, 0.25) is 0 Å². The zero-order chi connectivity index (χ0) is 17.5. The van der Waals surface area contributed by atoms with Crippen molar-refractivity contribution < 1.29 is 19.0 Å². The zero-order valence-electron chi connectivity index (χ0n) is 14.1. The second-order valence-electron chi connectivity index (χ2n) is 5.72. The Morgan fingerprint density at radius 2 is 1.92 bits per heavy atom. The molecule has 25 heavy (non-hydrogen) atoms. The SMILES string of the molecule is COc1ccc(OCC(=O)N2CCCC(Oc3ncccn3)C2)cc1. The van der Waals surface area contributed by atoms with Gasteiger partial charge in [-0.05, 0) is 43.2 Å². The summed E-state index contributed by atoms with van der Waals surface area (Å²) < 4.78 is 16.4. The highest BCUT2D eigenvalue weighted by atomic mass is 16.5. The number of likely N-dealkylation sites (tertiary alicyclic amines) is 1. The number of amides is 1. The van der Waals surface area contributed by atoms with Gasteiger partial charge >= 0.3 is 6.01 Å². The van der Waals surface area contributed by atoms with E-state index in [4.69, 9.17) is 14.2 Å². The first kappa shape index (κ1) is 17.0. The average molecular weight is 343 g/mol. The number of nitrogens with zero attached hydrogens (tertiary/aromatic N) is 3. The molecule has 7 heteroatoms. The molecule has 1 saturated heterocycles. The summed E-state index contributed by atoms with van der Waals surface area (Å²) >= 11 is 0. The van der Waals surface area contributed by atoms with Crippen molar-refractivity contribution >= 4 is 5.91 Å². The highest BCUT2D eigenvalue weighted by molar-refractivity contribution is 5.77. The van der Waals surface area contributed by atoms with Gasteiger partial charge in [0.15, 0.2) is 6.61 Å². The summed E-state index contributed by atoms with van der Waals surface area (Å²) in [6.45, 7) is 1.23. The molecule has 0 spiro atoms. The Morgan fingerprint density at radius 3 is 2.64 bits per heavy atom. The van der Waals surface area contributed by atoms with Crippen molar-refractivity contribution in [3.63, 3.8) is 0 Å². The minimum absolute atomic E-state index is 0.000879. The molecule has 7 nitrogen and oxygen atoms in total.